The molecular formula is C23H36N4O8. The lowest BCUT2D eigenvalue weighted by Gasteiger charge is -2.36. The van der Waals surface area contributed by atoms with Crippen LogP contribution >= 0.6 is 0 Å². The molecule has 2 rings (SSSR count). The molecule has 1 aliphatic rings. The van der Waals surface area contributed by atoms with Crippen LogP contribution in [-0.2, 0) is 23.8 Å². The van der Waals surface area contributed by atoms with Gasteiger partial charge in [0, 0.05) is 13.3 Å². The number of esters is 1. The summed E-state index contributed by atoms with van der Waals surface area (Å²) in [6.45, 7) is 3.99. The average Bonchev–Trinajstić information content (AvgIpc) is 2.83. The highest BCUT2D eigenvalue weighted by Crippen LogP contribution is 2.31. The highest BCUT2D eigenvalue weighted by Gasteiger charge is 2.46. The molecule has 0 bridgehead atoms. The number of hydrogen-bond donors (Lipinski definition) is 6. The van der Waals surface area contributed by atoms with E-state index in [1.807, 2.05) is 0 Å². The highest BCUT2D eigenvalue weighted by molar-refractivity contribution is 5.95. The van der Waals surface area contributed by atoms with Gasteiger partial charge in [-0.3, -0.25) is 16.5 Å². The van der Waals surface area contributed by atoms with Crippen molar-refractivity contribution in [3.8, 4) is 5.75 Å². The van der Waals surface area contributed by atoms with Gasteiger partial charge in [-0.2, -0.15) is 0 Å². The topological polar surface area (TPSA) is 195 Å². The van der Waals surface area contributed by atoms with E-state index in [0.29, 0.717) is 0 Å². The van der Waals surface area contributed by atoms with Crippen molar-refractivity contribution in [1.29, 1.82) is 0 Å². The molecule has 12 nitrogen and oxygen atoms in total. The molecule has 8 N–H and O–H groups in total. The average molecular weight is 497 g/mol. The molecule has 12 heteroatoms. The van der Waals surface area contributed by atoms with Gasteiger partial charge in [-0.05, 0) is 57.2 Å². The van der Waals surface area contributed by atoms with Crippen molar-refractivity contribution >= 4 is 17.9 Å². The van der Waals surface area contributed by atoms with E-state index in [-0.39, 0.29) is 17.4 Å². The van der Waals surface area contributed by atoms with Gasteiger partial charge in [0.15, 0.2) is 5.78 Å². The number of hydrogen-bond acceptors (Lipinski definition) is 12. The van der Waals surface area contributed by atoms with E-state index in [2.05, 4.69) is 10.9 Å². The molecule has 1 aromatic carbocycles. The van der Waals surface area contributed by atoms with E-state index in [1.165, 1.54) is 45.0 Å². The molecule has 0 unspecified atom stereocenters. The van der Waals surface area contributed by atoms with E-state index in [0.717, 1.165) is 32.1 Å². The predicted molar refractivity (Wildman–Crippen MR) is 124 cm³/mol. The fourth-order valence-electron chi connectivity index (χ4n) is 3.81. The molecule has 0 aromatic heterocycles. The normalized spacial score (nSPS) is 19.5. The molecule has 0 spiro atoms. The van der Waals surface area contributed by atoms with Crippen LogP contribution in [0, 0.1) is 0 Å². The van der Waals surface area contributed by atoms with E-state index in [4.69, 9.17) is 25.9 Å². The van der Waals surface area contributed by atoms with Crippen molar-refractivity contribution in [1.82, 2.24) is 10.9 Å². The lowest BCUT2D eigenvalue weighted by Crippen LogP contribution is -2.62. The minimum absolute atomic E-state index is 0.110. The number of ketones is 1. The first-order valence-electron chi connectivity index (χ1n) is 11.5. The molecule has 0 aliphatic heterocycles. The molecule has 0 amide bonds. The summed E-state index contributed by atoms with van der Waals surface area (Å²) in [4.78, 5) is 38.0. The van der Waals surface area contributed by atoms with Gasteiger partial charge in [0.1, 0.15) is 29.0 Å². The van der Waals surface area contributed by atoms with Crippen molar-refractivity contribution in [2.75, 3.05) is 0 Å². The van der Waals surface area contributed by atoms with Gasteiger partial charge in [-0.25, -0.2) is 20.4 Å². The number of Topliss-reactive ketones (excluding diaryl/α,β-unsaturated/α-hetero) is 1. The summed E-state index contributed by atoms with van der Waals surface area (Å²) in [5.41, 5.74) is 1.28. The van der Waals surface area contributed by atoms with Gasteiger partial charge in [-0.15, -0.1) is 0 Å². The predicted octanol–water partition coefficient (Wildman–Crippen LogP) is 1.20. The first-order chi connectivity index (χ1) is 16.4. The first kappa shape index (κ1) is 28.5. The standard InChI is InChI=1S/C23H36N4O8/c1-14(34-21(32)35-17-10-5-4-6-11-17)33-20(31)22(2,26-24)13-18(29)23(3,27-25)19(30)15-8-7-9-16(28)12-15/h7-9,12,14,17,19,26-28,30H,4-6,10-11,13,24-25H2,1-3H3/t14-,19-,22-,23+/m0/s1. The molecule has 4 atom stereocenters. The molecule has 0 saturated heterocycles. The monoisotopic (exact) mass is 496 g/mol. The number of aliphatic hydroxyl groups is 1. The van der Waals surface area contributed by atoms with Crippen molar-refractivity contribution in [3.05, 3.63) is 29.8 Å². The van der Waals surface area contributed by atoms with Crippen molar-refractivity contribution in [3.63, 3.8) is 0 Å². The number of carbonyl (C=O) groups excluding carboxylic acids is 3. The molecule has 1 aliphatic carbocycles. The second kappa shape index (κ2) is 12.3. The van der Waals surface area contributed by atoms with Gasteiger partial charge in [0.2, 0.25) is 6.29 Å². The number of rotatable bonds is 11. The zero-order chi connectivity index (χ0) is 26.2. The first-order valence-corrected chi connectivity index (χ1v) is 11.5. The number of carbonyl (C=O) groups is 3. The molecule has 0 radical (unpaired) electrons. The maximum Gasteiger partial charge on any atom is 0.511 e. The number of nitrogens with two attached hydrogens (primary N) is 2. The Balaban J connectivity index is 2.03. The van der Waals surface area contributed by atoms with Crippen molar-refractivity contribution in [2.24, 2.45) is 11.7 Å². The van der Waals surface area contributed by atoms with E-state index in [9.17, 15) is 24.6 Å². The van der Waals surface area contributed by atoms with Crippen LogP contribution in [0.1, 0.15) is 71.0 Å². The van der Waals surface area contributed by atoms with Gasteiger partial charge in [0.05, 0.1) is 0 Å². The van der Waals surface area contributed by atoms with Crippen LogP contribution in [0.4, 0.5) is 4.79 Å². The number of phenolic OH excluding ortho intramolecular Hbond substituents is 1. The van der Waals surface area contributed by atoms with Crippen LogP contribution in [0.3, 0.4) is 0 Å². The number of hydrazine groups is 2. The summed E-state index contributed by atoms with van der Waals surface area (Å²) in [6, 6.07) is 5.70. The van der Waals surface area contributed by atoms with Gasteiger partial charge in [-0.1, -0.05) is 18.6 Å². The minimum atomic E-state index is -1.75. The summed E-state index contributed by atoms with van der Waals surface area (Å²) in [6.07, 6.45) is 0.0266. The van der Waals surface area contributed by atoms with Crippen molar-refractivity contribution in [2.45, 2.75) is 88.9 Å². The second-order valence-electron chi connectivity index (χ2n) is 9.14. The highest BCUT2D eigenvalue weighted by atomic mass is 16.8. The fraction of sp³-hybridized carbons (Fsp3) is 0.609. The number of phenols is 1. The molecule has 1 saturated carbocycles. The number of nitrogens with one attached hydrogen (secondary N) is 2. The third-order valence-electron chi connectivity index (χ3n) is 6.25. The largest absolute Gasteiger partial charge is 0.511 e. The third kappa shape index (κ3) is 7.36. The molecule has 1 fully saturated rings. The molecular weight excluding hydrogens is 460 g/mol. The van der Waals surface area contributed by atoms with Gasteiger partial charge >= 0.3 is 12.1 Å². The summed E-state index contributed by atoms with van der Waals surface area (Å²) < 4.78 is 15.4. The van der Waals surface area contributed by atoms with Crippen LogP contribution in [0.5, 0.6) is 5.75 Å². The Morgan fingerprint density at radius 3 is 2.34 bits per heavy atom. The zero-order valence-corrected chi connectivity index (χ0v) is 20.3. The Labute approximate surface area is 204 Å². The van der Waals surface area contributed by atoms with Crippen molar-refractivity contribution < 1.29 is 38.8 Å². The minimum Gasteiger partial charge on any atom is -0.508 e. The van der Waals surface area contributed by atoms with Crippen LogP contribution < -0.4 is 22.5 Å². The van der Waals surface area contributed by atoms with E-state index in [1.54, 1.807) is 0 Å². The molecule has 35 heavy (non-hydrogen) atoms. The zero-order valence-electron chi connectivity index (χ0n) is 20.3. The Morgan fingerprint density at radius 2 is 1.77 bits per heavy atom. The Morgan fingerprint density at radius 1 is 1.11 bits per heavy atom. The summed E-state index contributed by atoms with van der Waals surface area (Å²) in [5.74, 6) is 9.40. The Hall–Kier alpha value is -2.77. The maximum atomic E-state index is 13.2. The van der Waals surface area contributed by atoms with E-state index < -0.39 is 47.8 Å². The smallest absolute Gasteiger partial charge is 0.508 e. The summed E-state index contributed by atoms with van der Waals surface area (Å²) in [5, 5.41) is 20.5. The maximum absolute atomic E-state index is 13.2. The molecule has 0 heterocycles. The van der Waals surface area contributed by atoms with Crippen LogP contribution in [-0.4, -0.2) is 51.6 Å². The van der Waals surface area contributed by atoms with Crippen LogP contribution in [0.2, 0.25) is 0 Å². The summed E-state index contributed by atoms with van der Waals surface area (Å²) >= 11 is 0. The lowest BCUT2D eigenvalue weighted by atomic mass is 9.80. The number of aliphatic hydroxyl groups excluding tert-OH is 1. The number of aromatic hydroxyl groups is 1. The SMILES string of the molecule is C[C@H](OC(=O)OC1CCCCC1)OC(=O)[C@](C)(CC(=O)[C@@](C)(NN)[C@@H](O)c1cccc(O)c1)NN. The number of ether oxygens (including phenoxy) is 3. The summed E-state index contributed by atoms with van der Waals surface area (Å²) in [7, 11) is 0. The van der Waals surface area contributed by atoms with Crippen LogP contribution in [0.25, 0.3) is 0 Å². The molecule has 1 aromatic rings. The second-order valence-corrected chi connectivity index (χ2v) is 9.14. The third-order valence-corrected chi connectivity index (χ3v) is 6.25. The molecule has 196 valence electrons. The van der Waals surface area contributed by atoms with Gasteiger partial charge < -0.3 is 24.4 Å². The van der Waals surface area contributed by atoms with Gasteiger partial charge in [0.25, 0.3) is 0 Å². The lowest BCUT2D eigenvalue weighted by molar-refractivity contribution is -0.177. The quantitative estimate of drug-likeness (QED) is 0.111. The fourth-order valence-corrected chi connectivity index (χ4v) is 3.81. The van der Waals surface area contributed by atoms with E-state index >= 15 is 0 Å². The Bertz CT molecular complexity index is 894. The Kier molecular flexibility index (Phi) is 9.98. The van der Waals surface area contributed by atoms with Crippen LogP contribution in [0.15, 0.2) is 24.3 Å². The number of benzene rings is 1.